The lowest BCUT2D eigenvalue weighted by Crippen LogP contribution is -2.06. The number of aliphatic hydroxyl groups excluding tert-OH is 1. The summed E-state index contributed by atoms with van der Waals surface area (Å²) in [4.78, 5) is 20.2. The van der Waals surface area contributed by atoms with Crippen molar-refractivity contribution >= 4 is 12.3 Å². The maximum absolute atomic E-state index is 10.1. The minimum Gasteiger partial charge on any atom is -0.478 e. The maximum Gasteiger partial charge on any atom is 0.327 e. The van der Waals surface area contributed by atoms with Crippen LogP contribution in [0.2, 0.25) is 0 Å². The van der Waals surface area contributed by atoms with Gasteiger partial charge in [-0.2, -0.15) is 0 Å². The number of hydrogen-bond acceptors (Lipinski definition) is 3. The number of rotatable bonds is 10. The third kappa shape index (κ3) is 10.9. The van der Waals surface area contributed by atoms with E-state index >= 15 is 0 Å². The Bertz CT molecular complexity index is 223. The zero-order valence-electron chi connectivity index (χ0n) is 9.47. The van der Waals surface area contributed by atoms with Gasteiger partial charge in [0.15, 0.2) is 0 Å². The van der Waals surface area contributed by atoms with Gasteiger partial charge in [0.05, 0.1) is 6.10 Å². The molecule has 0 heterocycles. The molecule has 0 fully saturated rings. The predicted octanol–water partition coefficient (Wildman–Crippen LogP) is 1.92. The standard InChI is InChI=1S/C12H20O4/c13-10-6-8-11(14)7-4-2-1-3-5-9-12(15)16/h5,9-11,14H,1-4,6-8H2,(H,15,16). The van der Waals surface area contributed by atoms with E-state index in [9.17, 15) is 14.7 Å². The smallest absolute Gasteiger partial charge is 0.327 e. The third-order valence-electron chi connectivity index (χ3n) is 2.29. The van der Waals surface area contributed by atoms with Crippen LogP contribution in [0.5, 0.6) is 0 Å². The van der Waals surface area contributed by atoms with E-state index in [0.29, 0.717) is 12.8 Å². The SMILES string of the molecule is O=CCCC(O)CCCCCC=CC(=O)O. The molecule has 0 saturated carbocycles. The predicted molar refractivity (Wildman–Crippen MR) is 61.2 cm³/mol. The molecule has 1 unspecified atom stereocenters. The molecule has 0 aliphatic rings. The molecule has 0 rings (SSSR count). The molecule has 2 N–H and O–H groups in total. The van der Waals surface area contributed by atoms with E-state index in [2.05, 4.69) is 0 Å². The van der Waals surface area contributed by atoms with Crippen molar-refractivity contribution in [1.29, 1.82) is 0 Å². The number of aliphatic carboxylic acids is 1. The number of aldehydes is 1. The minimum absolute atomic E-state index is 0.375. The van der Waals surface area contributed by atoms with Gasteiger partial charge < -0.3 is 15.0 Å². The van der Waals surface area contributed by atoms with Crippen LogP contribution < -0.4 is 0 Å². The fourth-order valence-corrected chi connectivity index (χ4v) is 1.41. The summed E-state index contributed by atoms with van der Waals surface area (Å²) in [6.07, 6.45) is 8.51. The Labute approximate surface area is 96.0 Å². The summed E-state index contributed by atoms with van der Waals surface area (Å²) in [6, 6.07) is 0. The van der Waals surface area contributed by atoms with E-state index in [0.717, 1.165) is 44.5 Å². The Balaban J connectivity index is 3.26. The monoisotopic (exact) mass is 228 g/mol. The number of allylic oxidation sites excluding steroid dienone is 1. The highest BCUT2D eigenvalue weighted by molar-refractivity contribution is 5.79. The number of hydrogen-bond donors (Lipinski definition) is 2. The molecule has 0 aromatic rings. The number of carbonyl (C=O) groups excluding carboxylic acids is 1. The van der Waals surface area contributed by atoms with Gasteiger partial charge in [0.2, 0.25) is 0 Å². The average Bonchev–Trinajstić information content (AvgIpc) is 2.24. The van der Waals surface area contributed by atoms with Crippen LogP contribution >= 0.6 is 0 Å². The summed E-state index contributed by atoms with van der Waals surface area (Å²) >= 11 is 0. The van der Waals surface area contributed by atoms with Crippen LogP contribution in [0.3, 0.4) is 0 Å². The zero-order chi connectivity index (χ0) is 12.2. The molecule has 4 nitrogen and oxygen atoms in total. The summed E-state index contributed by atoms with van der Waals surface area (Å²) < 4.78 is 0. The fraction of sp³-hybridized carbons (Fsp3) is 0.667. The topological polar surface area (TPSA) is 74.6 Å². The molecule has 0 spiro atoms. The van der Waals surface area contributed by atoms with E-state index < -0.39 is 5.97 Å². The van der Waals surface area contributed by atoms with Gasteiger partial charge in [0.25, 0.3) is 0 Å². The summed E-state index contributed by atoms with van der Waals surface area (Å²) in [7, 11) is 0. The molecular formula is C12H20O4. The molecule has 0 radical (unpaired) electrons. The second-order valence-corrected chi connectivity index (χ2v) is 3.78. The van der Waals surface area contributed by atoms with Gasteiger partial charge in [-0.15, -0.1) is 0 Å². The van der Waals surface area contributed by atoms with Gasteiger partial charge in [-0.1, -0.05) is 18.9 Å². The quantitative estimate of drug-likeness (QED) is 0.340. The summed E-state index contributed by atoms with van der Waals surface area (Å²) in [5, 5.41) is 17.7. The summed E-state index contributed by atoms with van der Waals surface area (Å²) in [5.41, 5.74) is 0. The molecule has 0 aliphatic heterocycles. The van der Waals surface area contributed by atoms with E-state index in [1.54, 1.807) is 6.08 Å². The van der Waals surface area contributed by atoms with Crippen molar-refractivity contribution in [2.24, 2.45) is 0 Å². The van der Waals surface area contributed by atoms with Crippen LogP contribution in [-0.4, -0.2) is 28.6 Å². The molecule has 0 aromatic carbocycles. The number of aliphatic hydroxyl groups is 1. The first-order valence-corrected chi connectivity index (χ1v) is 5.68. The molecule has 16 heavy (non-hydrogen) atoms. The lowest BCUT2D eigenvalue weighted by atomic mass is 10.1. The van der Waals surface area contributed by atoms with Crippen molar-refractivity contribution in [3.63, 3.8) is 0 Å². The van der Waals surface area contributed by atoms with Crippen molar-refractivity contribution < 1.29 is 19.8 Å². The molecule has 0 amide bonds. The Morgan fingerprint density at radius 3 is 2.50 bits per heavy atom. The van der Waals surface area contributed by atoms with Crippen molar-refractivity contribution in [3.8, 4) is 0 Å². The number of carbonyl (C=O) groups is 2. The Kier molecular flexibility index (Phi) is 9.61. The highest BCUT2D eigenvalue weighted by Crippen LogP contribution is 2.09. The second kappa shape index (κ2) is 10.4. The van der Waals surface area contributed by atoms with Gasteiger partial charge in [0.1, 0.15) is 6.29 Å². The van der Waals surface area contributed by atoms with Gasteiger partial charge in [-0.3, -0.25) is 0 Å². The van der Waals surface area contributed by atoms with E-state index in [-0.39, 0.29) is 6.10 Å². The normalized spacial score (nSPS) is 12.8. The van der Waals surface area contributed by atoms with E-state index in [1.807, 2.05) is 0 Å². The highest BCUT2D eigenvalue weighted by atomic mass is 16.4. The third-order valence-corrected chi connectivity index (χ3v) is 2.29. The molecular weight excluding hydrogens is 208 g/mol. The van der Waals surface area contributed by atoms with Crippen molar-refractivity contribution in [2.75, 3.05) is 0 Å². The van der Waals surface area contributed by atoms with Crippen LogP contribution in [0, 0.1) is 0 Å². The number of carboxylic acids is 1. The Hall–Kier alpha value is -1.16. The van der Waals surface area contributed by atoms with Crippen LogP contribution in [0.4, 0.5) is 0 Å². The summed E-state index contributed by atoms with van der Waals surface area (Å²) in [6.45, 7) is 0. The maximum atomic E-state index is 10.1. The van der Waals surface area contributed by atoms with Gasteiger partial charge in [-0.25, -0.2) is 4.79 Å². The van der Waals surface area contributed by atoms with E-state index in [4.69, 9.17) is 5.11 Å². The first-order chi connectivity index (χ1) is 7.66. The van der Waals surface area contributed by atoms with Gasteiger partial charge >= 0.3 is 5.97 Å². The lowest BCUT2D eigenvalue weighted by molar-refractivity contribution is -0.131. The Morgan fingerprint density at radius 2 is 1.88 bits per heavy atom. The summed E-state index contributed by atoms with van der Waals surface area (Å²) in [5.74, 6) is -0.913. The number of carboxylic acid groups (broad SMARTS) is 1. The largest absolute Gasteiger partial charge is 0.478 e. The molecule has 0 aromatic heterocycles. The molecule has 1 atom stereocenters. The van der Waals surface area contributed by atoms with Gasteiger partial charge in [-0.05, 0) is 25.7 Å². The fourth-order valence-electron chi connectivity index (χ4n) is 1.41. The van der Waals surface area contributed by atoms with Crippen LogP contribution in [0.1, 0.15) is 44.9 Å². The Morgan fingerprint density at radius 1 is 1.12 bits per heavy atom. The van der Waals surface area contributed by atoms with E-state index in [1.165, 1.54) is 0 Å². The van der Waals surface area contributed by atoms with Crippen molar-refractivity contribution in [1.82, 2.24) is 0 Å². The van der Waals surface area contributed by atoms with Crippen LogP contribution in [0.25, 0.3) is 0 Å². The highest BCUT2D eigenvalue weighted by Gasteiger charge is 2.02. The van der Waals surface area contributed by atoms with Crippen molar-refractivity contribution in [3.05, 3.63) is 12.2 Å². The molecule has 0 aliphatic carbocycles. The first kappa shape index (κ1) is 14.8. The van der Waals surface area contributed by atoms with Gasteiger partial charge in [0, 0.05) is 12.5 Å². The van der Waals surface area contributed by atoms with Crippen molar-refractivity contribution in [2.45, 2.75) is 51.0 Å². The van der Waals surface area contributed by atoms with Crippen LogP contribution in [0.15, 0.2) is 12.2 Å². The molecule has 4 heteroatoms. The molecule has 92 valence electrons. The first-order valence-electron chi connectivity index (χ1n) is 5.68. The minimum atomic E-state index is -0.913. The second-order valence-electron chi connectivity index (χ2n) is 3.78. The molecule has 0 bridgehead atoms. The van der Waals surface area contributed by atoms with Crippen LogP contribution in [-0.2, 0) is 9.59 Å². The number of unbranched alkanes of at least 4 members (excludes halogenated alkanes) is 3. The molecule has 0 saturated heterocycles. The zero-order valence-corrected chi connectivity index (χ0v) is 9.47. The lowest BCUT2D eigenvalue weighted by Gasteiger charge is -2.07. The average molecular weight is 228 g/mol.